The number of benzene rings is 1. The van der Waals surface area contributed by atoms with Crippen LogP contribution in [0.5, 0.6) is 5.75 Å². The summed E-state index contributed by atoms with van der Waals surface area (Å²) in [6, 6.07) is 8.00. The third-order valence-electron chi connectivity index (χ3n) is 3.04. The molecule has 21 heavy (non-hydrogen) atoms. The molecule has 1 aromatic carbocycles. The zero-order chi connectivity index (χ0) is 15.7. The molecule has 0 bridgehead atoms. The van der Waals surface area contributed by atoms with Crippen molar-refractivity contribution in [3.8, 4) is 5.75 Å². The lowest BCUT2D eigenvalue weighted by atomic mass is 10.1. The van der Waals surface area contributed by atoms with Gasteiger partial charge in [-0.2, -0.15) is 0 Å². The summed E-state index contributed by atoms with van der Waals surface area (Å²) in [5.41, 5.74) is 6.92. The molecule has 0 amide bonds. The van der Waals surface area contributed by atoms with Crippen molar-refractivity contribution in [3.05, 3.63) is 29.8 Å². The van der Waals surface area contributed by atoms with E-state index in [9.17, 15) is 0 Å². The lowest BCUT2D eigenvalue weighted by Gasteiger charge is -2.12. The van der Waals surface area contributed by atoms with Crippen LogP contribution >= 0.6 is 0 Å². The van der Waals surface area contributed by atoms with Gasteiger partial charge in [0.25, 0.3) is 0 Å². The Morgan fingerprint density at radius 2 is 1.90 bits per heavy atom. The third kappa shape index (κ3) is 7.59. The standard InChI is InChI=1S/C17H29N3O/c1-13(2)9-10-21-16-8-6-5-7-15(16)12-20-17(18)19-11-14(3)4/h5-8,13-14H,9-12H2,1-4H3,(H3,18,19,20). The van der Waals surface area contributed by atoms with E-state index in [1.165, 1.54) is 0 Å². The number of hydrogen-bond acceptors (Lipinski definition) is 2. The summed E-state index contributed by atoms with van der Waals surface area (Å²) >= 11 is 0. The first-order valence-corrected chi connectivity index (χ1v) is 7.73. The molecule has 0 aliphatic carbocycles. The second-order valence-electron chi connectivity index (χ2n) is 6.11. The molecule has 4 heteroatoms. The van der Waals surface area contributed by atoms with Crippen LogP contribution in [0.25, 0.3) is 0 Å². The molecule has 0 aliphatic heterocycles. The highest BCUT2D eigenvalue weighted by Gasteiger charge is 2.03. The number of hydrogen-bond donors (Lipinski definition) is 2. The van der Waals surface area contributed by atoms with Crippen molar-refractivity contribution in [2.75, 3.05) is 13.2 Å². The number of para-hydroxylation sites is 1. The van der Waals surface area contributed by atoms with Crippen molar-refractivity contribution in [3.63, 3.8) is 0 Å². The van der Waals surface area contributed by atoms with Crippen molar-refractivity contribution >= 4 is 5.96 Å². The van der Waals surface area contributed by atoms with Gasteiger partial charge in [0, 0.05) is 12.1 Å². The minimum atomic E-state index is 0.487. The molecule has 4 nitrogen and oxygen atoms in total. The maximum atomic E-state index is 5.86. The van der Waals surface area contributed by atoms with Gasteiger partial charge in [0.1, 0.15) is 5.75 Å². The lowest BCUT2D eigenvalue weighted by molar-refractivity contribution is 0.287. The molecule has 0 unspecified atom stereocenters. The summed E-state index contributed by atoms with van der Waals surface area (Å²) in [5.74, 6) is 2.58. The summed E-state index contributed by atoms with van der Waals surface area (Å²) in [6.07, 6.45) is 1.05. The number of ether oxygens (including phenoxy) is 1. The predicted molar refractivity (Wildman–Crippen MR) is 89.6 cm³/mol. The molecule has 118 valence electrons. The van der Waals surface area contributed by atoms with Crippen LogP contribution < -0.4 is 15.8 Å². The van der Waals surface area contributed by atoms with E-state index in [0.717, 1.165) is 30.9 Å². The van der Waals surface area contributed by atoms with Crippen molar-refractivity contribution in [1.29, 1.82) is 0 Å². The Bertz CT molecular complexity index is 441. The Balaban J connectivity index is 2.55. The average molecular weight is 291 g/mol. The van der Waals surface area contributed by atoms with Crippen LogP contribution in [0.2, 0.25) is 0 Å². The topological polar surface area (TPSA) is 59.6 Å². The van der Waals surface area contributed by atoms with Gasteiger partial charge >= 0.3 is 0 Å². The van der Waals surface area contributed by atoms with Crippen molar-refractivity contribution in [1.82, 2.24) is 5.32 Å². The summed E-state index contributed by atoms with van der Waals surface area (Å²) < 4.78 is 5.85. The van der Waals surface area contributed by atoms with E-state index in [4.69, 9.17) is 10.5 Å². The van der Waals surface area contributed by atoms with Crippen LogP contribution in [-0.4, -0.2) is 19.1 Å². The number of guanidine groups is 1. The number of nitrogens with zero attached hydrogens (tertiary/aromatic N) is 1. The van der Waals surface area contributed by atoms with Gasteiger partial charge in [-0.15, -0.1) is 0 Å². The Kier molecular flexibility index (Phi) is 7.65. The highest BCUT2D eigenvalue weighted by atomic mass is 16.5. The van der Waals surface area contributed by atoms with Gasteiger partial charge in [0.05, 0.1) is 13.2 Å². The average Bonchev–Trinajstić information content (AvgIpc) is 2.43. The Morgan fingerprint density at radius 1 is 1.19 bits per heavy atom. The Hall–Kier alpha value is -1.71. The van der Waals surface area contributed by atoms with Gasteiger partial charge in [0.2, 0.25) is 0 Å². The van der Waals surface area contributed by atoms with Crippen molar-refractivity contribution < 1.29 is 4.74 Å². The molecule has 0 fully saturated rings. The minimum absolute atomic E-state index is 0.487. The highest BCUT2D eigenvalue weighted by Crippen LogP contribution is 2.19. The monoisotopic (exact) mass is 291 g/mol. The fourth-order valence-electron chi connectivity index (χ4n) is 1.71. The van der Waals surface area contributed by atoms with E-state index >= 15 is 0 Å². The molecular weight excluding hydrogens is 262 g/mol. The summed E-state index contributed by atoms with van der Waals surface area (Å²) in [7, 11) is 0. The molecule has 0 saturated heterocycles. The van der Waals surface area contributed by atoms with Gasteiger partial charge in [-0.1, -0.05) is 45.9 Å². The van der Waals surface area contributed by atoms with E-state index in [1.807, 2.05) is 24.3 Å². The predicted octanol–water partition coefficient (Wildman–Crippen LogP) is 3.17. The van der Waals surface area contributed by atoms with E-state index in [2.05, 4.69) is 38.0 Å². The molecule has 3 N–H and O–H groups in total. The smallest absolute Gasteiger partial charge is 0.188 e. The minimum Gasteiger partial charge on any atom is -0.493 e. The quantitative estimate of drug-likeness (QED) is 0.571. The molecule has 0 aliphatic rings. The molecule has 0 atom stereocenters. The maximum absolute atomic E-state index is 5.86. The van der Waals surface area contributed by atoms with Crippen LogP contribution in [-0.2, 0) is 6.54 Å². The zero-order valence-electron chi connectivity index (χ0n) is 13.7. The summed E-state index contributed by atoms with van der Waals surface area (Å²) in [5, 5.41) is 3.12. The normalized spacial score (nSPS) is 12.0. The fraction of sp³-hybridized carbons (Fsp3) is 0.588. The lowest BCUT2D eigenvalue weighted by Crippen LogP contribution is -2.34. The van der Waals surface area contributed by atoms with E-state index < -0.39 is 0 Å². The molecule has 0 aromatic heterocycles. The molecule has 0 saturated carbocycles. The van der Waals surface area contributed by atoms with Crippen LogP contribution in [0.15, 0.2) is 29.3 Å². The molecule has 0 heterocycles. The number of nitrogens with two attached hydrogens (primary N) is 1. The molecule has 0 radical (unpaired) electrons. The summed E-state index contributed by atoms with van der Waals surface area (Å²) in [6.45, 7) is 10.8. The van der Waals surface area contributed by atoms with Gasteiger partial charge < -0.3 is 15.8 Å². The molecule has 0 spiro atoms. The fourth-order valence-corrected chi connectivity index (χ4v) is 1.71. The SMILES string of the molecule is CC(C)CCOc1ccccc1CN=C(N)NCC(C)C. The van der Waals surface area contributed by atoms with Gasteiger partial charge in [0.15, 0.2) is 5.96 Å². The van der Waals surface area contributed by atoms with Gasteiger partial charge in [-0.25, -0.2) is 4.99 Å². The van der Waals surface area contributed by atoms with E-state index in [1.54, 1.807) is 0 Å². The maximum Gasteiger partial charge on any atom is 0.188 e. The second-order valence-corrected chi connectivity index (χ2v) is 6.11. The number of aliphatic imine (C=N–C) groups is 1. The van der Waals surface area contributed by atoms with E-state index in [0.29, 0.717) is 24.3 Å². The highest BCUT2D eigenvalue weighted by molar-refractivity contribution is 5.77. The van der Waals surface area contributed by atoms with Crippen LogP contribution in [0.3, 0.4) is 0 Å². The van der Waals surface area contributed by atoms with Crippen molar-refractivity contribution in [2.45, 2.75) is 40.7 Å². The van der Waals surface area contributed by atoms with E-state index in [-0.39, 0.29) is 0 Å². The van der Waals surface area contributed by atoms with Crippen LogP contribution in [0, 0.1) is 11.8 Å². The molecular formula is C17H29N3O. The third-order valence-corrected chi connectivity index (χ3v) is 3.04. The second kappa shape index (κ2) is 9.27. The molecule has 1 aromatic rings. The van der Waals surface area contributed by atoms with Crippen LogP contribution in [0.1, 0.15) is 39.7 Å². The largest absolute Gasteiger partial charge is 0.493 e. The first kappa shape index (κ1) is 17.3. The number of nitrogens with one attached hydrogen (secondary N) is 1. The van der Waals surface area contributed by atoms with Crippen LogP contribution in [0.4, 0.5) is 0 Å². The number of rotatable bonds is 8. The zero-order valence-corrected chi connectivity index (χ0v) is 13.7. The van der Waals surface area contributed by atoms with Crippen molar-refractivity contribution in [2.24, 2.45) is 22.6 Å². The first-order chi connectivity index (χ1) is 9.99. The molecule has 1 rings (SSSR count). The Labute approximate surface area is 128 Å². The van der Waals surface area contributed by atoms with Gasteiger partial charge in [-0.05, 0) is 24.3 Å². The summed E-state index contributed by atoms with van der Waals surface area (Å²) in [4.78, 5) is 4.37. The van der Waals surface area contributed by atoms with Gasteiger partial charge in [-0.3, -0.25) is 0 Å². The Morgan fingerprint density at radius 3 is 2.57 bits per heavy atom. The first-order valence-electron chi connectivity index (χ1n) is 7.73.